The summed E-state index contributed by atoms with van der Waals surface area (Å²) < 4.78 is 10.7. The third kappa shape index (κ3) is 2.27. The lowest BCUT2D eigenvalue weighted by Crippen LogP contribution is -2.14. The topological polar surface area (TPSA) is 64.4 Å². The molecule has 0 bridgehead atoms. The van der Waals surface area contributed by atoms with Crippen molar-refractivity contribution >= 4 is 11.6 Å². The van der Waals surface area contributed by atoms with Gasteiger partial charge in [-0.25, -0.2) is 4.98 Å². The molecule has 1 aliphatic rings. The van der Waals surface area contributed by atoms with E-state index in [0.29, 0.717) is 18.1 Å². The Morgan fingerprint density at radius 2 is 2.25 bits per heavy atom. The fourth-order valence-electron chi connectivity index (χ4n) is 2.29. The molecule has 2 aromatic rings. The summed E-state index contributed by atoms with van der Waals surface area (Å²) in [6.07, 6.45) is 2.18. The van der Waals surface area contributed by atoms with Crippen molar-refractivity contribution in [1.82, 2.24) is 4.98 Å². The van der Waals surface area contributed by atoms with Gasteiger partial charge < -0.3 is 14.5 Å². The van der Waals surface area contributed by atoms with Gasteiger partial charge in [0.15, 0.2) is 12.1 Å². The Balaban J connectivity index is 1.80. The van der Waals surface area contributed by atoms with Crippen LogP contribution in [0.5, 0.6) is 5.75 Å². The van der Waals surface area contributed by atoms with E-state index in [1.54, 1.807) is 0 Å². The third-order valence-corrected chi connectivity index (χ3v) is 3.28. The molecule has 1 aliphatic heterocycles. The molecule has 2 heterocycles. The molecule has 0 aliphatic carbocycles. The van der Waals surface area contributed by atoms with Crippen LogP contribution in [0.25, 0.3) is 0 Å². The number of hydrogen-bond acceptors (Lipinski definition) is 4. The number of anilines is 1. The quantitative estimate of drug-likeness (QED) is 0.932. The Labute approximate surface area is 117 Å². The van der Waals surface area contributed by atoms with Gasteiger partial charge in [0.2, 0.25) is 0 Å². The predicted octanol–water partition coefficient (Wildman–Crippen LogP) is 2.99. The number of nitrogens with zero attached hydrogens (tertiary/aromatic N) is 1. The first-order chi connectivity index (χ1) is 9.65. The Morgan fingerprint density at radius 3 is 3.05 bits per heavy atom. The highest BCUT2D eigenvalue weighted by Gasteiger charge is 2.20. The lowest BCUT2D eigenvalue weighted by atomic mass is 10.1. The van der Waals surface area contributed by atoms with E-state index in [1.165, 1.54) is 6.39 Å². The van der Waals surface area contributed by atoms with Crippen LogP contribution in [-0.4, -0.2) is 17.5 Å². The van der Waals surface area contributed by atoms with Crippen LogP contribution in [0.15, 0.2) is 29.0 Å². The summed E-state index contributed by atoms with van der Waals surface area (Å²) in [5.74, 6) is 1.37. The van der Waals surface area contributed by atoms with E-state index in [4.69, 9.17) is 9.15 Å². The molecule has 1 aromatic heterocycles. The molecule has 3 rings (SSSR count). The van der Waals surface area contributed by atoms with Crippen molar-refractivity contribution in [3.8, 4) is 5.75 Å². The molecule has 1 N–H and O–H groups in total. The minimum atomic E-state index is -0.249. The number of amides is 1. The van der Waals surface area contributed by atoms with E-state index in [1.807, 2.05) is 32.0 Å². The molecule has 104 valence electrons. The van der Waals surface area contributed by atoms with Crippen molar-refractivity contribution in [3.63, 3.8) is 0 Å². The van der Waals surface area contributed by atoms with Crippen molar-refractivity contribution in [2.45, 2.75) is 26.2 Å². The monoisotopic (exact) mass is 272 g/mol. The standard InChI is InChI=1S/C15H16N2O3/c1-9(2)14-13(16-8-20-14)15(18)17-11-3-4-12-10(7-11)5-6-19-12/h3-4,7-9H,5-6H2,1-2H3,(H,17,18). The van der Waals surface area contributed by atoms with Gasteiger partial charge in [-0.2, -0.15) is 0 Å². The van der Waals surface area contributed by atoms with Crippen LogP contribution < -0.4 is 10.1 Å². The number of aromatic nitrogens is 1. The second-order valence-corrected chi connectivity index (χ2v) is 5.10. The number of carbonyl (C=O) groups excluding carboxylic acids is 1. The summed E-state index contributed by atoms with van der Waals surface area (Å²) in [5, 5.41) is 2.85. The molecule has 0 saturated heterocycles. The van der Waals surface area contributed by atoms with Crippen LogP contribution in [0, 0.1) is 0 Å². The molecular formula is C15H16N2O3. The SMILES string of the molecule is CC(C)c1ocnc1C(=O)Nc1ccc2c(c1)CCO2. The van der Waals surface area contributed by atoms with Crippen LogP contribution in [0.2, 0.25) is 0 Å². The Kier molecular flexibility index (Phi) is 3.18. The molecule has 1 amide bonds. The lowest BCUT2D eigenvalue weighted by molar-refractivity contribution is 0.102. The predicted molar refractivity (Wildman–Crippen MR) is 74.2 cm³/mol. The highest BCUT2D eigenvalue weighted by atomic mass is 16.5. The number of oxazole rings is 1. The van der Waals surface area contributed by atoms with Gasteiger partial charge in [-0.1, -0.05) is 13.8 Å². The number of fused-ring (bicyclic) bond motifs is 1. The van der Waals surface area contributed by atoms with Crippen LogP contribution in [0.1, 0.15) is 41.6 Å². The Bertz CT molecular complexity index is 646. The van der Waals surface area contributed by atoms with Crippen molar-refractivity contribution in [3.05, 3.63) is 41.6 Å². The van der Waals surface area contributed by atoms with Gasteiger partial charge in [0.05, 0.1) is 6.61 Å². The number of hydrogen-bond donors (Lipinski definition) is 1. The molecule has 20 heavy (non-hydrogen) atoms. The van der Waals surface area contributed by atoms with Crippen LogP contribution in [-0.2, 0) is 6.42 Å². The summed E-state index contributed by atoms with van der Waals surface area (Å²) in [4.78, 5) is 16.2. The van der Waals surface area contributed by atoms with Gasteiger partial charge in [0.1, 0.15) is 11.5 Å². The average Bonchev–Trinajstić information content (AvgIpc) is 3.06. The smallest absolute Gasteiger partial charge is 0.277 e. The van der Waals surface area contributed by atoms with E-state index in [0.717, 1.165) is 23.4 Å². The largest absolute Gasteiger partial charge is 0.493 e. The zero-order valence-corrected chi connectivity index (χ0v) is 11.5. The number of carbonyl (C=O) groups is 1. The Morgan fingerprint density at radius 1 is 1.40 bits per heavy atom. The highest BCUT2D eigenvalue weighted by molar-refractivity contribution is 6.03. The van der Waals surface area contributed by atoms with Gasteiger partial charge in [-0.05, 0) is 23.8 Å². The fraction of sp³-hybridized carbons (Fsp3) is 0.333. The summed E-state index contributed by atoms with van der Waals surface area (Å²) in [7, 11) is 0. The van der Waals surface area contributed by atoms with Crippen molar-refractivity contribution < 1.29 is 13.9 Å². The van der Waals surface area contributed by atoms with E-state index in [9.17, 15) is 4.79 Å². The van der Waals surface area contributed by atoms with E-state index in [2.05, 4.69) is 10.3 Å². The zero-order chi connectivity index (χ0) is 14.1. The lowest BCUT2D eigenvalue weighted by Gasteiger charge is -2.07. The van der Waals surface area contributed by atoms with Crippen molar-refractivity contribution in [2.75, 3.05) is 11.9 Å². The second kappa shape index (κ2) is 5.00. The molecular weight excluding hydrogens is 256 g/mol. The molecule has 1 aromatic carbocycles. The van der Waals surface area contributed by atoms with E-state index >= 15 is 0 Å². The van der Waals surface area contributed by atoms with Crippen molar-refractivity contribution in [1.29, 1.82) is 0 Å². The first-order valence-corrected chi connectivity index (χ1v) is 6.65. The average molecular weight is 272 g/mol. The van der Waals surface area contributed by atoms with Gasteiger partial charge in [0.25, 0.3) is 5.91 Å². The second-order valence-electron chi connectivity index (χ2n) is 5.10. The van der Waals surface area contributed by atoms with Gasteiger partial charge in [0, 0.05) is 18.0 Å². The van der Waals surface area contributed by atoms with Crippen LogP contribution in [0.4, 0.5) is 5.69 Å². The van der Waals surface area contributed by atoms with E-state index in [-0.39, 0.29) is 11.8 Å². The summed E-state index contributed by atoms with van der Waals surface area (Å²) in [6, 6.07) is 5.65. The molecule has 0 saturated carbocycles. The molecule has 0 unspecified atom stereocenters. The maximum atomic E-state index is 12.2. The summed E-state index contributed by atoms with van der Waals surface area (Å²) in [6.45, 7) is 4.63. The maximum Gasteiger partial charge on any atom is 0.277 e. The molecule has 0 radical (unpaired) electrons. The van der Waals surface area contributed by atoms with E-state index < -0.39 is 0 Å². The Hall–Kier alpha value is -2.30. The van der Waals surface area contributed by atoms with Gasteiger partial charge >= 0.3 is 0 Å². The molecule has 5 nitrogen and oxygen atoms in total. The molecule has 0 spiro atoms. The zero-order valence-electron chi connectivity index (χ0n) is 11.5. The normalized spacial score (nSPS) is 13.2. The number of ether oxygens (including phenoxy) is 1. The summed E-state index contributed by atoms with van der Waals surface area (Å²) in [5.41, 5.74) is 2.21. The minimum Gasteiger partial charge on any atom is -0.493 e. The highest BCUT2D eigenvalue weighted by Crippen LogP contribution is 2.28. The number of benzene rings is 1. The minimum absolute atomic E-state index is 0.117. The van der Waals surface area contributed by atoms with Crippen molar-refractivity contribution in [2.24, 2.45) is 0 Å². The number of nitrogens with one attached hydrogen (secondary N) is 1. The molecule has 0 atom stereocenters. The molecule has 0 fully saturated rings. The maximum absolute atomic E-state index is 12.2. The first kappa shape index (κ1) is 12.7. The van der Waals surface area contributed by atoms with Crippen LogP contribution >= 0.6 is 0 Å². The molecule has 5 heteroatoms. The third-order valence-electron chi connectivity index (χ3n) is 3.28. The summed E-state index contributed by atoms with van der Waals surface area (Å²) >= 11 is 0. The fourth-order valence-corrected chi connectivity index (χ4v) is 2.29. The van der Waals surface area contributed by atoms with Gasteiger partial charge in [-0.15, -0.1) is 0 Å². The van der Waals surface area contributed by atoms with Gasteiger partial charge in [-0.3, -0.25) is 4.79 Å². The van der Waals surface area contributed by atoms with Crippen LogP contribution in [0.3, 0.4) is 0 Å². The number of rotatable bonds is 3. The first-order valence-electron chi connectivity index (χ1n) is 6.65.